The van der Waals surface area contributed by atoms with E-state index in [4.69, 9.17) is 4.74 Å². The fraction of sp³-hybridized carbons (Fsp3) is 0.212. The third kappa shape index (κ3) is 6.88. The van der Waals surface area contributed by atoms with Crippen LogP contribution in [0.4, 0.5) is 11.4 Å². The quantitative estimate of drug-likeness (QED) is 0.257. The molecule has 0 aromatic heterocycles. The standard InChI is InChI=1S/C33H34N2O3/c1-5-30(38-29-21-13-24(14-22-29)23-9-7-6-8-10-23)32(37)35-28-19-17-27(18-20-28)34-31(36)25-11-15-26(16-12-25)33(2,3)4/h6-22,30H,5H2,1-4H3,(H,34,36)(H,35,37). The van der Waals surface area contributed by atoms with Crippen LogP contribution in [0.1, 0.15) is 50.0 Å². The number of rotatable bonds is 8. The van der Waals surface area contributed by atoms with E-state index in [2.05, 4.69) is 43.5 Å². The van der Waals surface area contributed by atoms with Gasteiger partial charge in [-0.3, -0.25) is 9.59 Å². The second-order valence-electron chi connectivity index (χ2n) is 10.3. The Balaban J connectivity index is 1.33. The van der Waals surface area contributed by atoms with E-state index in [0.29, 0.717) is 29.1 Å². The number of nitrogens with one attached hydrogen (secondary N) is 2. The van der Waals surface area contributed by atoms with Crippen molar-refractivity contribution in [2.45, 2.75) is 45.6 Å². The van der Waals surface area contributed by atoms with Crippen molar-refractivity contribution in [2.24, 2.45) is 0 Å². The van der Waals surface area contributed by atoms with Gasteiger partial charge in [0.2, 0.25) is 0 Å². The summed E-state index contributed by atoms with van der Waals surface area (Å²) in [6.45, 7) is 8.33. The third-order valence-electron chi connectivity index (χ3n) is 6.33. The molecule has 0 fully saturated rings. The van der Waals surface area contributed by atoms with E-state index < -0.39 is 6.10 Å². The van der Waals surface area contributed by atoms with Gasteiger partial charge in [-0.25, -0.2) is 0 Å². The van der Waals surface area contributed by atoms with Crippen LogP contribution in [0, 0.1) is 0 Å². The highest BCUT2D eigenvalue weighted by Crippen LogP contribution is 2.24. The van der Waals surface area contributed by atoms with Gasteiger partial charge in [-0.1, -0.05) is 82.3 Å². The molecule has 4 aromatic rings. The molecular weight excluding hydrogens is 472 g/mol. The van der Waals surface area contributed by atoms with Crippen LogP contribution in [0.3, 0.4) is 0 Å². The fourth-order valence-electron chi connectivity index (χ4n) is 4.03. The van der Waals surface area contributed by atoms with E-state index >= 15 is 0 Å². The lowest BCUT2D eigenvalue weighted by Gasteiger charge is -2.19. The highest BCUT2D eigenvalue weighted by atomic mass is 16.5. The van der Waals surface area contributed by atoms with Gasteiger partial charge < -0.3 is 15.4 Å². The highest BCUT2D eigenvalue weighted by molar-refractivity contribution is 6.04. The van der Waals surface area contributed by atoms with Crippen molar-refractivity contribution >= 4 is 23.2 Å². The van der Waals surface area contributed by atoms with Crippen LogP contribution >= 0.6 is 0 Å². The fourth-order valence-corrected chi connectivity index (χ4v) is 4.03. The van der Waals surface area contributed by atoms with E-state index in [9.17, 15) is 9.59 Å². The monoisotopic (exact) mass is 506 g/mol. The van der Waals surface area contributed by atoms with Crippen molar-refractivity contribution in [1.29, 1.82) is 0 Å². The zero-order valence-corrected chi connectivity index (χ0v) is 22.3. The largest absolute Gasteiger partial charge is 0.481 e. The second kappa shape index (κ2) is 11.8. The lowest BCUT2D eigenvalue weighted by Crippen LogP contribution is -2.32. The Bertz CT molecular complexity index is 1360. The molecule has 38 heavy (non-hydrogen) atoms. The van der Waals surface area contributed by atoms with Crippen LogP contribution in [0.2, 0.25) is 0 Å². The first kappa shape index (κ1) is 26.7. The number of hydrogen-bond acceptors (Lipinski definition) is 3. The number of carbonyl (C=O) groups is 2. The van der Waals surface area contributed by atoms with Gasteiger partial charge in [-0.2, -0.15) is 0 Å². The number of benzene rings is 4. The van der Waals surface area contributed by atoms with Gasteiger partial charge in [0.1, 0.15) is 5.75 Å². The topological polar surface area (TPSA) is 67.4 Å². The van der Waals surface area contributed by atoms with Gasteiger partial charge >= 0.3 is 0 Å². The molecular formula is C33H34N2O3. The maximum absolute atomic E-state index is 12.9. The Morgan fingerprint density at radius 2 is 1.26 bits per heavy atom. The number of anilines is 2. The highest BCUT2D eigenvalue weighted by Gasteiger charge is 2.19. The summed E-state index contributed by atoms with van der Waals surface area (Å²) in [6, 6.07) is 32.5. The van der Waals surface area contributed by atoms with E-state index in [-0.39, 0.29) is 17.2 Å². The summed E-state index contributed by atoms with van der Waals surface area (Å²) in [6.07, 6.45) is -0.109. The SMILES string of the molecule is CCC(Oc1ccc(-c2ccccc2)cc1)C(=O)Nc1ccc(NC(=O)c2ccc(C(C)(C)C)cc2)cc1. The van der Waals surface area contributed by atoms with Crippen molar-refractivity contribution in [3.05, 3.63) is 114 Å². The Labute approximate surface area is 224 Å². The van der Waals surface area contributed by atoms with E-state index in [0.717, 1.165) is 11.1 Å². The third-order valence-corrected chi connectivity index (χ3v) is 6.33. The summed E-state index contributed by atoms with van der Waals surface area (Å²) in [7, 11) is 0. The van der Waals surface area contributed by atoms with Gasteiger partial charge in [0.15, 0.2) is 6.10 Å². The Hall–Kier alpha value is -4.38. The Morgan fingerprint density at radius 3 is 1.82 bits per heavy atom. The van der Waals surface area contributed by atoms with Crippen molar-refractivity contribution in [1.82, 2.24) is 0 Å². The van der Waals surface area contributed by atoms with Gasteiger partial charge in [-0.05, 0) is 77.1 Å². The molecule has 194 valence electrons. The molecule has 5 heteroatoms. The van der Waals surface area contributed by atoms with Gasteiger partial charge in [0.05, 0.1) is 0 Å². The minimum Gasteiger partial charge on any atom is -0.481 e. The minimum atomic E-state index is -0.631. The maximum Gasteiger partial charge on any atom is 0.265 e. The van der Waals surface area contributed by atoms with E-state index in [1.165, 1.54) is 5.56 Å². The summed E-state index contributed by atoms with van der Waals surface area (Å²) >= 11 is 0. The predicted molar refractivity (Wildman–Crippen MR) is 155 cm³/mol. The molecule has 0 bridgehead atoms. The molecule has 0 saturated heterocycles. The normalized spacial score (nSPS) is 11.9. The first-order chi connectivity index (χ1) is 18.2. The molecule has 5 nitrogen and oxygen atoms in total. The number of hydrogen-bond donors (Lipinski definition) is 2. The molecule has 0 radical (unpaired) electrons. The molecule has 0 heterocycles. The predicted octanol–water partition coefficient (Wildman–Crippen LogP) is 7.70. The molecule has 2 N–H and O–H groups in total. The van der Waals surface area contributed by atoms with Crippen LogP contribution in [0.25, 0.3) is 11.1 Å². The molecule has 0 aliphatic heterocycles. The van der Waals surface area contributed by atoms with Gasteiger partial charge in [0, 0.05) is 16.9 Å². The molecule has 2 amide bonds. The summed E-state index contributed by atoms with van der Waals surface area (Å²) in [5.74, 6) is 0.232. The summed E-state index contributed by atoms with van der Waals surface area (Å²) in [5, 5.41) is 5.81. The zero-order chi connectivity index (χ0) is 27.1. The van der Waals surface area contributed by atoms with Crippen LogP contribution in [-0.4, -0.2) is 17.9 Å². The molecule has 4 rings (SSSR count). The Kier molecular flexibility index (Phi) is 8.27. The minimum absolute atomic E-state index is 0.0318. The first-order valence-electron chi connectivity index (χ1n) is 12.9. The van der Waals surface area contributed by atoms with Gasteiger partial charge in [0.25, 0.3) is 11.8 Å². The zero-order valence-electron chi connectivity index (χ0n) is 22.3. The molecule has 0 saturated carbocycles. The van der Waals surface area contributed by atoms with Crippen LogP contribution in [0.15, 0.2) is 103 Å². The summed E-state index contributed by atoms with van der Waals surface area (Å²) in [5.41, 5.74) is 5.29. The van der Waals surface area contributed by atoms with Crippen LogP contribution < -0.4 is 15.4 Å². The Morgan fingerprint density at radius 1 is 0.711 bits per heavy atom. The van der Waals surface area contributed by atoms with Gasteiger partial charge in [-0.15, -0.1) is 0 Å². The molecule has 1 unspecified atom stereocenters. The molecule has 0 aliphatic carbocycles. The smallest absolute Gasteiger partial charge is 0.265 e. The molecule has 4 aromatic carbocycles. The lowest BCUT2D eigenvalue weighted by molar-refractivity contribution is -0.122. The van der Waals surface area contributed by atoms with Crippen LogP contribution in [-0.2, 0) is 10.2 Å². The molecule has 0 aliphatic rings. The number of ether oxygens (including phenoxy) is 1. The van der Waals surface area contributed by atoms with E-state index in [1.54, 1.807) is 24.3 Å². The number of carbonyl (C=O) groups excluding carboxylic acids is 2. The summed E-state index contributed by atoms with van der Waals surface area (Å²) in [4.78, 5) is 25.5. The first-order valence-corrected chi connectivity index (χ1v) is 12.9. The second-order valence-corrected chi connectivity index (χ2v) is 10.3. The van der Waals surface area contributed by atoms with E-state index in [1.807, 2.05) is 73.7 Å². The molecule has 1 atom stereocenters. The maximum atomic E-state index is 12.9. The van der Waals surface area contributed by atoms with Crippen molar-refractivity contribution < 1.29 is 14.3 Å². The van der Waals surface area contributed by atoms with Crippen molar-refractivity contribution in [2.75, 3.05) is 10.6 Å². The average molecular weight is 507 g/mol. The summed E-state index contributed by atoms with van der Waals surface area (Å²) < 4.78 is 5.97. The van der Waals surface area contributed by atoms with Crippen molar-refractivity contribution in [3.8, 4) is 16.9 Å². The average Bonchev–Trinajstić information content (AvgIpc) is 2.93. The van der Waals surface area contributed by atoms with Crippen LogP contribution in [0.5, 0.6) is 5.75 Å². The van der Waals surface area contributed by atoms with Crippen molar-refractivity contribution in [3.63, 3.8) is 0 Å². The molecule has 0 spiro atoms. The lowest BCUT2D eigenvalue weighted by atomic mass is 9.87. The number of amides is 2.